The average Bonchev–Trinajstić information content (AvgIpc) is 3.25. The number of amides is 2. The molecule has 1 aromatic heterocycles. The van der Waals surface area contributed by atoms with Gasteiger partial charge in [-0.1, -0.05) is 0 Å². The Hall–Kier alpha value is -1.40. The molecule has 0 bridgehead atoms. The molecule has 2 aliphatic carbocycles. The Kier molecular flexibility index (Phi) is 6.70. The normalized spacial score (nSPS) is 22.3. The van der Waals surface area contributed by atoms with Crippen molar-refractivity contribution < 1.29 is 14.3 Å². The second-order valence-corrected chi connectivity index (χ2v) is 8.61. The molecule has 1 aromatic rings. The number of rotatable bonds is 7. The quantitative estimate of drug-likeness (QED) is 0.717. The fourth-order valence-corrected chi connectivity index (χ4v) is 5.04. The predicted octanol–water partition coefficient (Wildman–Crippen LogP) is 3.07. The van der Waals surface area contributed by atoms with Crippen LogP contribution in [0.3, 0.4) is 0 Å². The van der Waals surface area contributed by atoms with Crippen LogP contribution in [-0.4, -0.2) is 37.1 Å². The SMILES string of the molecule is CC(C)OCCNC(=O)[C@@H]1CC[C@H](NC(=O)c2csc3c2CCCC3)C1. The Bertz CT molecular complexity index is 641. The van der Waals surface area contributed by atoms with Crippen LogP contribution in [0.4, 0.5) is 0 Å². The lowest BCUT2D eigenvalue weighted by Crippen LogP contribution is -2.36. The Morgan fingerprint density at radius 2 is 2.08 bits per heavy atom. The van der Waals surface area contributed by atoms with Crippen LogP contribution < -0.4 is 10.6 Å². The van der Waals surface area contributed by atoms with Gasteiger partial charge in [0.2, 0.25) is 5.91 Å². The first kappa shape index (κ1) is 19.4. The van der Waals surface area contributed by atoms with E-state index in [9.17, 15) is 9.59 Å². The summed E-state index contributed by atoms with van der Waals surface area (Å²) in [5.74, 6) is 0.124. The second-order valence-electron chi connectivity index (χ2n) is 7.65. The number of ether oxygens (including phenoxy) is 1. The summed E-state index contributed by atoms with van der Waals surface area (Å²) < 4.78 is 5.44. The predicted molar refractivity (Wildman–Crippen MR) is 104 cm³/mol. The maximum Gasteiger partial charge on any atom is 0.252 e. The molecule has 0 aromatic carbocycles. The summed E-state index contributed by atoms with van der Waals surface area (Å²) in [5.41, 5.74) is 2.12. The monoisotopic (exact) mass is 378 g/mol. The highest BCUT2D eigenvalue weighted by Gasteiger charge is 2.31. The average molecular weight is 379 g/mol. The van der Waals surface area contributed by atoms with Gasteiger partial charge in [-0.25, -0.2) is 0 Å². The Balaban J connectivity index is 1.45. The molecule has 0 unspecified atom stereocenters. The van der Waals surface area contributed by atoms with Crippen LogP contribution in [0.2, 0.25) is 0 Å². The lowest BCUT2D eigenvalue weighted by atomic mass is 9.95. The number of thiophene rings is 1. The summed E-state index contributed by atoms with van der Waals surface area (Å²) >= 11 is 1.72. The zero-order chi connectivity index (χ0) is 18.5. The number of carbonyl (C=O) groups excluding carboxylic acids is 2. The first-order valence-electron chi connectivity index (χ1n) is 9.84. The van der Waals surface area contributed by atoms with Crippen LogP contribution >= 0.6 is 11.3 Å². The number of carbonyl (C=O) groups is 2. The molecule has 0 spiro atoms. The lowest BCUT2D eigenvalue weighted by Gasteiger charge is -2.16. The minimum atomic E-state index is -0.00394. The fraction of sp³-hybridized carbons (Fsp3) is 0.700. The number of fused-ring (bicyclic) bond motifs is 1. The van der Waals surface area contributed by atoms with Crippen LogP contribution in [0.25, 0.3) is 0 Å². The van der Waals surface area contributed by atoms with E-state index in [0.717, 1.165) is 37.7 Å². The molecular weight excluding hydrogens is 348 g/mol. The topological polar surface area (TPSA) is 67.4 Å². The maximum atomic E-state index is 12.7. The summed E-state index contributed by atoms with van der Waals surface area (Å²) in [5, 5.41) is 8.12. The summed E-state index contributed by atoms with van der Waals surface area (Å²) in [6, 6.07) is 0.101. The molecule has 3 rings (SSSR count). The van der Waals surface area contributed by atoms with Gasteiger partial charge >= 0.3 is 0 Å². The van der Waals surface area contributed by atoms with Crippen molar-refractivity contribution in [3.05, 3.63) is 21.4 Å². The van der Waals surface area contributed by atoms with E-state index >= 15 is 0 Å². The van der Waals surface area contributed by atoms with E-state index in [-0.39, 0.29) is 29.9 Å². The van der Waals surface area contributed by atoms with Gasteiger partial charge in [0.15, 0.2) is 0 Å². The van der Waals surface area contributed by atoms with Crippen LogP contribution in [0, 0.1) is 5.92 Å². The van der Waals surface area contributed by atoms with Gasteiger partial charge in [0, 0.05) is 28.8 Å². The summed E-state index contributed by atoms with van der Waals surface area (Å²) in [6.45, 7) is 5.05. The molecule has 6 heteroatoms. The van der Waals surface area contributed by atoms with Gasteiger partial charge in [-0.3, -0.25) is 9.59 Å². The molecule has 5 nitrogen and oxygen atoms in total. The third-order valence-corrected chi connectivity index (χ3v) is 6.39. The number of nitrogens with one attached hydrogen (secondary N) is 2. The Morgan fingerprint density at radius 1 is 1.27 bits per heavy atom. The van der Waals surface area contributed by atoms with Gasteiger partial charge in [-0.2, -0.15) is 0 Å². The highest BCUT2D eigenvalue weighted by molar-refractivity contribution is 7.10. The first-order valence-corrected chi connectivity index (χ1v) is 10.7. The minimum absolute atomic E-state index is 0.00394. The van der Waals surface area contributed by atoms with Crippen molar-refractivity contribution >= 4 is 23.2 Å². The van der Waals surface area contributed by atoms with Crippen molar-refractivity contribution in [2.24, 2.45) is 5.92 Å². The van der Waals surface area contributed by atoms with Crippen molar-refractivity contribution in [2.75, 3.05) is 13.2 Å². The van der Waals surface area contributed by atoms with Crippen molar-refractivity contribution in [3.63, 3.8) is 0 Å². The van der Waals surface area contributed by atoms with Crippen LogP contribution in [0.5, 0.6) is 0 Å². The summed E-state index contributed by atoms with van der Waals surface area (Å²) in [7, 11) is 0. The second kappa shape index (κ2) is 9.00. The molecule has 144 valence electrons. The summed E-state index contributed by atoms with van der Waals surface area (Å²) in [6.07, 6.45) is 7.17. The standard InChI is InChI=1S/C20H30N2O3S/c1-13(2)25-10-9-21-19(23)14-7-8-15(11-14)22-20(24)17-12-26-18-6-4-3-5-16(17)18/h12-15H,3-11H2,1-2H3,(H,21,23)(H,22,24)/t14-,15+/m1/s1. The molecular formula is C20H30N2O3S. The highest BCUT2D eigenvalue weighted by Crippen LogP contribution is 2.31. The van der Waals surface area contributed by atoms with E-state index in [0.29, 0.717) is 13.2 Å². The van der Waals surface area contributed by atoms with Gasteiger partial charge < -0.3 is 15.4 Å². The first-order chi connectivity index (χ1) is 12.5. The fourth-order valence-electron chi connectivity index (χ4n) is 3.91. The van der Waals surface area contributed by atoms with Crippen LogP contribution in [-0.2, 0) is 22.4 Å². The van der Waals surface area contributed by atoms with Crippen LogP contribution in [0.1, 0.15) is 66.8 Å². The maximum absolute atomic E-state index is 12.7. The zero-order valence-electron chi connectivity index (χ0n) is 15.8. The lowest BCUT2D eigenvalue weighted by molar-refractivity contribution is -0.125. The van der Waals surface area contributed by atoms with E-state index < -0.39 is 0 Å². The van der Waals surface area contributed by atoms with Crippen molar-refractivity contribution in [3.8, 4) is 0 Å². The van der Waals surface area contributed by atoms with Crippen molar-refractivity contribution in [1.29, 1.82) is 0 Å². The number of hydrogen-bond donors (Lipinski definition) is 2. The van der Waals surface area contributed by atoms with Gasteiger partial charge in [0.05, 0.1) is 18.3 Å². The van der Waals surface area contributed by atoms with E-state index in [1.807, 2.05) is 19.2 Å². The van der Waals surface area contributed by atoms with Gasteiger partial charge in [-0.15, -0.1) is 11.3 Å². The molecule has 0 radical (unpaired) electrons. The van der Waals surface area contributed by atoms with Gasteiger partial charge in [0.25, 0.3) is 5.91 Å². The molecule has 0 saturated heterocycles. The smallest absolute Gasteiger partial charge is 0.252 e. The molecule has 2 amide bonds. The van der Waals surface area contributed by atoms with E-state index in [1.165, 1.54) is 23.3 Å². The van der Waals surface area contributed by atoms with E-state index in [1.54, 1.807) is 11.3 Å². The molecule has 2 aliphatic rings. The molecule has 0 aliphatic heterocycles. The molecule has 1 fully saturated rings. The molecule has 26 heavy (non-hydrogen) atoms. The van der Waals surface area contributed by atoms with E-state index in [4.69, 9.17) is 4.74 Å². The third-order valence-electron chi connectivity index (χ3n) is 5.30. The summed E-state index contributed by atoms with van der Waals surface area (Å²) in [4.78, 5) is 26.3. The number of aryl methyl sites for hydroxylation is 1. The minimum Gasteiger partial charge on any atom is -0.377 e. The molecule has 2 atom stereocenters. The molecule has 2 N–H and O–H groups in total. The van der Waals surface area contributed by atoms with Gasteiger partial charge in [-0.05, 0) is 64.4 Å². The van der Waals surface area contributed by atoms with Gasteiger partial charge in [0.1, 0.15) is 0 Å². The highest BCUT2D eigenvalue weighted by atomic mass is 32.1. The molecule has 1 heterocycles. The Morgan fingerprint density at radius 3 is 2.88 bits per heavy atom. The zero-order valence-corrected chi connectivity index (χ0v) is 16.6. The van der Waals surface area contributed by atoms with E-state index in [2.05, 4.69) is 10.6 Å². The molecule has 1 saturated carbocycles. The van der Waals surface area contributed by atoms with Crippen LogP contribution in [0.15, 0.2) is 5.38 Å². The Labute approximate surface area is 159 Å². The largest absolute Gasteiger partial charge is 0.377 e. The van der Waals surface area contributed by atoms with Crippen molar-refractivity contribution in [2.45, 2.75) is 70.9 Å². The third kappa shape index (κ3) is 4.86. The number of hydrogen-bond acceptors (Lipinski definition) is 4. The van der Waals surface area contributed by atoms with Crippen molar-refractivity contribution in [1.82, 2.24) is 10.6 Å².